The molecule has 1 fully saturated rings. The molecule has 0 N–H and O–H groups in total. The van der Waals surface area contributed by atoms with Crippen LogP contribution in [0.1, 0.15) is 12.0 Å². The lowest BCUT2D eigenvalue weighted by atomic mass is 10.2. The van der Waals surface area contributed by atoms with Gasteiger partial charge in [-0.2, -0.15) is 0 Å². The van der Waals surface area contributed by atoms with E-state index in [0.29, 0.717) is 5.92 Å². The summed E-state index contributed by atoms with van der Waals surface area (Å²) >= 11 is 1.91. The molecule has 1 unspecified atom stereocenters. The van der Waals surface area contributed by atoms with E-state index in [2.05, 4.69) is 30.3 Å². The van der Waals surface area contributed by atoms with Gasteiger partial charge in [0.15, 0.2) is 0 Å². The fraction of sp³-hybridized carbons (Fsp3) is 0.176. The van der Waals surface area contributed by atoms with Crippen LogP contribution in [0.4, 0.5) is 4.39 Å². The first-order chi connectivity index (χ1) is 9.31. The molecule has 96 valence electrons. The van der Waals surface area contributed by atoms with Crippen molar-refractivity contribution in [1.82, 2.24) is 0 Å². The average Bonchev–Trinajstić information content (AvgIpc) is 3.19. The van der Waals surface area contributed by atoms with Crippen molar-refractivity contribution in [2.45, 2.75) is 11.3 Å². The molecule has 2 aromatic rings. The van der Waals surface area contributed by atoms with Crippen LogP contribution < -0.4 is 0 Å². The zero-order valence-electron chi connectivity index (χ0n) is 10.6. The number of hydrogen-bond donors (Lipinski definition) is 0. The summed E-state index contributed by atoms with van der Waals surface area (Å²) < 4.78 is 12.8. The van der Waals surface area contributed by atoms with Gasteiger partial charge in [-0.1, -0.05) is 42.0 Å². The van der Waals surface area contributed by atoms with Gasteiger partial charge in [0.2, 0.25) is 0 Å². The van der Waals surface area contributed by atoms with Gasteiger partial charge < -0.3 is 0 Å². The molecular formula is C17H15FS. The van der Waals surface area contributed by atoms with E-state index in [-0.39, 0.29) is 5.82 Å². The van der Waals surface area contributed by atoms with Crippen LogP contribution in [0.3, 0.4) is 0 Å². The Kier molecular flexibility index (Phi) is 3.69. The molecule has 0 saturated heterocycles. The Labute approximate surface area is 117 Å². The van der Waals surface area contributed by atoms with Crippen molar-refractivity contribution in [2.75, 3.05) is 5.75 Å². The van der Waals surface area contributed by atoms with Crippen molar-refractivity contribution < 1.29 is 4.39 Å². The van der Waals surface area contributed by atoms with Crippen molar-refractivity contribution in [3.05, 3.63) is 71.6 Å². The maximum absolute atomic E-state index is 12.8. The van der Waals surface area contributed by atoms with Crippen molar-refractivity contribution in [2.24, 2.45) is 5.92 Å². The largest absolute Gasteiger partial charge is 0.207 e. The molecular weight excluding hydrogens is 255 g/mol. The Morgan fingerprint density at radius 2 is 1.79 bits per heavy atom. The van der Waals surface area contributed by atoms with Crippen molar-refractivity contribution in [3.8, 4) is 0 Å². The van der Waals surface area contributed by atoms with Crippen LogP contribution in [0, 0.1) is 11.7 Å². The van der Waals surface area contributed by atoms with E-state index in [1.165, 1.54) is 29.0 Å². The van der Waals surface area contributed by atoms with Gasteiger partial charge in [-0.05, 0) is 42.2 Å². The first-order valence-corrected chi connectivity index (χ1v) is 7.44. The molecule has 19 heavy (non-hydrogen) atoms. The standard InChI is InChI=1S/C17H15FS/c18-16-8-6-13(7-9-16)10-14-11-15(14)12-19-17-4-2-1-3-5-17/h1-10,15H,11-12H2/b14-10+. The summed E-state index contributed by atoms with van der Waals surface area (Å²) in [6.45, 7) is 0. The van der Waals surface area contributed by atoms with Gasteiger partial charge in [-0.15, -0.1) is 11.8 Å². The maximum atomic E-state index is 12.8. The van der Waals surface area contributed by atoms with Crippen LogP contribution in [0.15, 0.2) is 65.1 Å². The van der Waals surface area contributed by atoms with E-state index in [1.807, 2.05) is 30.0 Å². The second-order valence-electron chi connectivity index (χ2n) is 4.80. The first-order valence-electron chi connectivity index (χ1n) is 6.45. The highest BCUT2D eigenvalue weighted by molar-refractivity contribution is 7.99. The second-order valence-corrected chi connectivity index (χ2v) is 5.89. The molecule has 0 aliphatic heterocycles. The molecule has 1 saturated carbocycles. The summed E-state index contributed by atoms with van der Waals surface area (Å²) in [4.78, 5) is 1.33. The Morgan fingerprint density at radius 3 is 2.53 bits per heavy atom. The Bertz CT molecular complexity index is 572. The van der Waals surface area contributed by atoms with E-state index in [9.17, 15) is 4.39 Å². The molecule has 2 aromatic carbocycles. The van der Waals surface area contributed by atoms with Crippen LogP contribution in [0.25, 0.3) is 6.08 Å². The van der Waals surface area contributed by atoms with E-state index in [4.69, 9.17) is 0 Å². The summed E-state index contributed by atoms with van der Waals surface area (Å²) in [5.74, 6) is 1.65. The molecule has 0 bridgehead atoms. The number of halogens is 1. The van der Waals surface area contributed by atoms with E-state index >= 15 is 0 Å². The Morgan fingerprint density at radius 1 is 1.05 bits per heavy atom. The fourth-order valence-corrected chi connectivity index (χ4v) is 3.13. The number of thioether (sulfide) groups is 1. The summed E-state index contributed by atoms with van der Waals surface area (Å²) in [6.07, 6.45) is 3.37. The molecule has 1 aliphatic rings. The maximum Gasteiger partial charge on any atom is 0.123 e. The lowest BCUT2D eigenvalue weighted by molar-refractivity contribution is 0.628. The number of allylic oxidation sites excluding steroid dienone is 1. The van der Waals surface area contributed by atoms with Crippen LogP contribution in [-0.4, -0.2) is 5.75 Å². The molecule has 1 aliphatic carbocycles. The highest BCUT2D eigenvalue weighted by atomic mass is 32.2. The normalized spacial score (nSPS) is 19.6. The number of benzene rings is 2. The predicted octanol–water partition coefficient (Wildman–Crippen LogP) is 5.02. The molecule has 0 amide bonds. The third-order valence-electron chi connectivity index (χ3n) is 3.26. The second kappa shape index (κ2) is 5.62. The summed E-state index contributed by atoms with van der Waals surface area (Å²) in [6, 6.07) is 17.2. The minimum atomic E-state index is -0.172. The molecule has 0 nitrogen and oxygen atoms in total. The van der Waals surface area contributed by atoms with Gasteiger partial charge in [-0.25, -0.2) is 4.39 Å². The molecule has 1 atom stereocenters. The Hall–Kier alpha value is -1.54. The third-order valence-corrected chi connectivity index (χ3v) is 4.44. The molecule has 0 aromatic heterocycles. The lowest BCUT2D eigenvalue weighted by Gasteiger charge is -1.98. The number of rotatable bonds is 4. The minimum absolute atomic E-state index is 0.172. The van der Waals surface area contributed by atoms with Crippen molar-refractivity contribution >= 4 is 17.8 Å². The molecule has 0 radical (unpaired) electrons. The summed E-state index contributed by atoms with van der Waals surface area (Å²) in [5, 5.41) is 0. The average molecular weight is 270 g/mol. The molecule has 2 heteroatoms. The third kappa shape index (κ3) is 3.48. The van der Waals surface area contributed by atoms with Gasteiger partial charge in [0.1, 0.15) is 5.82 Å². The Balaban J connectivity index is 1.55. The number of hydrogen-bond acceptors (Lipinski definition) is 1. The SMILES string of the molecule is Fc1ccc(/C=C2\CC2CSc2ccccc2)cc1. The highest BCUT2D eigenvalue weighted by Gasteiger charge is 2.29. The van der Waals surface area contributed by atoms with E-state index in [1.54, 1.807) is 0 Å². The van der Waals surface area contributed by atoms with E-state index < -0.39 is 0 Å². The fourth-order valence-electron chi connectivity index (χ4n) is 2.05. The van der Waals surface area contributed by atoms with Crippen LogP contribution in [-0.2, 0) is 0 Å². The van der Waals surface area contributed by atoms with Gasteiger partial charge in [0, 0.05) is 10.6 Å². The van der Waals surface area contributed by atoms with Gasteiger partial charge in [0.05, 0.1) is 0 Å². The zero-order valence-corrected chi connectivity index (χ0v) is 11.4. The van der Waals surface area contributed by atoms with Crippen LogP contribution >= 0.6 is 11.8 Å². The lowest BCUT2D eigenvalue weighted by Crippen LogP contribution is -1.81. The highest BCUT2D eigenvalue weighted by Crippen LogP contribution is 2.42. The minimum Gasteiger partial charge on any atom is -0.207 e. The summed E-state index contributed by atoms with van der Waals surface area (Å²) in [7, 11) is 0. The van der Waals surface area contributed by atoms with Gasteiger partial charge in [0.25, 0.3) is 0 Å². The zero-order chi connectivity index (χ0) is 13.1. The van der Waals surface area contributed by atoms with Crippen LogP contribution in [0.2, 0.25) is 0 Å². The topological polar surface area (TPSA) is 0 Å². The van der Waals surface area contributed by atoms with E-state index in [0.717, 1.165) is 11.3 Å². The molecule has 3 rings (SSSR count). The smallest absolute Gasteiger partial charge is 0.123 e. The predicted molar refractivity (Wildman–Crippen MR) is 79.7 cm³/mol. The quantitative estimate of drug-likeness (QED) is 0.703. The molecule has 0 heterocycles. The van der Waals surface area contributed by atoms with Crippen LogP contribution in [0.5, 0.6) is 0 Å². The van der Waals surface area contributed by atoms with Crippen molar-refractivity contribution in [3.63, 3.8) is 0 Å². The van der Waals surface area contributed by atoms with Gasteiger partial charge in [-0.3, -0.25) is 0 Å². The first kappa shape index (κ1) is 12.5. The van der Waals surface area contributed by atoms with Crippen molar-refractivity contribution in [1.29, 1.82) is 0 Å². The monoisotopic (exact) mass is 270 g/mol. The molecule has 0 spiro atoms. The summed E-state index contributed by atoms with van der Waals surface area (Å²) in [5.41, 5.74) is 2.58. The van der Waals surface area contributed by atoms with Gasteiger partial charge >= 0.3 is 0 Å².